The number of nitrogens with one attached hydrogen (secondary N) is 3. The summed E-state index contributed by atoms with van der Waals surface area (Å²) in [7, 11) is 1.86. The van der Waals surface area contributed by atoms with Gasteiger partial charge in [0.2, 0.25) is 5.95 Å². The molecular weight excluding hydrogens is 443 g/mol. The molecule has 3 aromatic rings. The van der Waals surface area contributed by atoms with Crippen molar-refractivity contribution in [2.75, 3.05) is 30.8 Å². The van der Waals surface area contributed by atoms with Gasteiger partial charge in [0.25, 0.3) is 0 Å². The summed E-state index contributed by atoms with van der Waals surface area (Å²) in [6, 6.07) is 14.6. The van der Waals surface area contributed by atoms with Crippen molar-refractivity contribution in [2.45, 2.75) is 44.5 Å². The highest BCUT2D eigenvalue weighted by Crippen LogP contribution is 2.28. The zero-order valence-electron chi connectivity index (χ0n) is 19.2. The van der Waals surface area contributed by atoms with Crippen molar-refractivity contribution in [1.82, 2.24) is 15.3 Å². The van der Waals surface area contributed by atoms with Crippen LogP contribution in [0.25, 0.3) is 10.9 Å². The van der Waals surface area contributed by atoms with Gasteiger partial charge < -0.3 is 20.7 Å². The molecule has 182 valence electrons. The molecule has 1 fully saturated rings. The molecule has 6 nitrogen and oxygen atoms in total. The maximum atomic E-state index is 12.6. The Labute approximate surface area is 197 Å². The van der Waals surface area contributed by atoms with Crippen molar-refractivity contribution in [3.8, 4) is 5.75 Å². The number of hydrogen-bond acceptors (Lipinski definition) is 6. The molecule has 0 spiro atoms. The molecule has 0 unspecified atom stereocenters. The van der Waals surface area contributed by atoms with Crippen LogP contribution in [0.4, 0.5) is 24.9 Å². The highest BCUT2D eigenvalue weighted by atomic mass is 19.4. The first-order valence-corrected chi connectivity index (χ1v) is 11.7. The lowest BCUT2D eigenvalue weighted by Gasteiger charge is -2.29. The number of nitrogens with zero attached hydrogens (tertiary/aromatic N) is 2. The Kier molecular flexibility index (Phi) is 7.72. The van der Waals surface area contributed by atoms with Crippen LogP contribution < -0.4 is 20.7 Å². The molecule has 4 rings (SSSR count). The average Bonchev–Trinajstić information content (AvgIpc) is 2.82. The van der Waals surface area contributed by atoms with Crippen molar-refractivity contribution >= 4 is 22.7 Å². The number of para-hydroxylation sites is 2. The van der Waals surface area contributed by atoms with Crippen LogP contribution in [0.3, 0.4) is 0 Å². The average molecular weight is 474 g/mol. The minimum atomic E-state index is -4.68. The summed E-state index contributed by atoms with van der Waals surface area (Å²) in [5.74, 6) is 1.88. The van der Waals surface area contributed by atoms with Crippen LogP contribution in [0.1, 0.15) is 31.2 Å². The minimum absolute atomic E-state index is 0.124. The molecule has 1 aromatic heterocycles. The lowest BCUT2D eigenvalue weighted by atomic mass is 9.86. The molecule has 1 heterocycles. The zero-order valence-corrected chi connectivity index (χ0v) is 19.2. The van der Waals surface area contributed by atoms with Gasteiger partial charge in [0, 0.05) is 18.5 Å². The standard InChI is InChI=1S/C25H30F3N5O/c1-29-23-20-7-3-4-8-21(20)32-24(33-23)31-19-12-10-17(11-13-19)16-30-15-14-18-6-2-5-9-22(18)34-25(26,27)28/h2-9,17,19,30H,10-16H2,1H3,(H2,29,31,32,33). The number of fused-ring (bicyclic) bond motifs is 1. The van der Waals surface area contributed by atoms with E-state index >= 15 is 0 Å². The molecule has 1 aliphatic rings. The summed E-state index contributed by atoms with van der Waals surface area (Å²) >= 11 is 0. The van der Waals surface area contributed by atoms with E-state index in [0.717, 1.165) is 48.9 Å². The molecule has 2 aromatic carbocycles. The minimum Gasteiger partial charge on any atom is -0.406 e. The van der Waals surface area contributed by atoms with E-state index in [2.05, 4.69) is 30.7 Å². The van der Waals surface area contributed by atoms with E-state index < -0.39 is 6.36 Å². The van der Waals surface area contributed by atoms with Crippen LogP contribution >= 0.6 is 0 Å². The van der Waals surface area contributed by atoms with E-state index in [1.807, 2.05) is 31.3 Å². The Hall–Kier alpha value is -3.07. The lowest BCUT2D eigenvalue weighted by molar-refractivity contribution is -0.274. The van der Waals surface area contributed by atoms with Gasteiger partial charge in [-0.1, -0.05) is 30.3 Å². The third kappa shape index (κ3) is 6.50. The molecule has 0 radical (unpaired) electrons. The first-order chi connectivity index (χ1) is 16.4. The van der Waals surface area contributed by atoms with Crippen molar-refractivity contribution in [2.24, 2.45) is 5.92 Å². The normalized spacial score (nSPS) is 18.6. The van der Waals surface area contributed by atoms with Crippen molar-refractivity contribution in [1.29, 1.82) is 0 Å². The molecule has 0 saturated heterocycles. The molecule has 3 N–H and O–H groups in total. The SMILES string of the molecule is CNc1nc(NC2CCC(CNCCc3ccccc3OC(F)(F)F)CC2)nc2ccccc12. The van der Waals surface area contributed by atoms with Crippen molar-refractivity contribution in [3.05, 3.63) is 54.1 Å². The van der Waals surface area contributed by atoms with Gasteiger partial charge >= 0.3 is 6.36 Å². The molecule has 1 saturated carbocycles. The summed E-state index contributed by atoms with van der Waals surface area (Å²) < 4.78 is 41.9. The van der Waals surface area contributed by atoms with Crippen molar-refractivity contribution < 1.29 is 17.9 Å². The number of alkyl halides is 3. The van der Waals surface area contributed by atoms with E-state index in [1.54, 1.807) is 18.2 Å². The predicted molar refractivity (Wildman–Crippen MR) is 128 cm³/mol. The molecule has 0 amide bonds. The molecule has 0 aliphatic heterocycles. The van der Waals surface area contributed by atoms with E-state index in [4.69, 9.17) is 0 Å². The van der Waals surface area contributed by atoms with Gasteiger partial charge in [-0.15, -0.1) is 13.2 Å². The molecule has 0 bridgehead atoms. The van der Waals surface area contributed by atoms with Crippen LogP contribution in [-0.2, 0) is 6.42 Å². The summed E-state index contributed by atoms with van der Waals surface area (Å²) in [6.45, 7) is 1.46. The number of aromatic nitrogens is 2. The molecule has 0 atom stereocenters. The van der Waals surface area contributed by atoms with Gasteiger partial charge in [-0.3, -0.25) is 0 Å². The van der Waals surface area contributed by atoms with Gasteiger partial charge in [0.15, 0.2) is 0 Å². The summed E-state index contributed by atoms with van der Waals surface area (Å²) in [4.78, 5) is 9.29. The maximum Gasteiger partial charge on any atom is 0.573 e. The third-order valence-corrected chi connectivity index (χ3v) is 6.22. The fourth-order valence-corrected chi connectivity index (χ4v) is 4.49. The van der Waals surface area contributed by atoms with Gasteiger partial charge in [0.1, 0.15) is 11.6 Å². The van der Waals surface area contributed by atoms with Gasteiger partial charge in [-0.25, -0.2) is 4.98 Å². The van der Waals surface area contributed by atoms with Crippen LogP contribution in [0.5, 0.6) is 5.75 Å². The smallest absolute Gasteiger partial charge is 0.406 e. The Morgan fingerprint density at radius 2 is 1.71 bits per heavy atom. The second kappa shape index (κ2) is 10.9. The largest absolute Gasteiger partial charge is 0.573 e. The number of rotatable bonds is 9. The number of benzene rings is 2. The molecular formula is C25H30F3N5O. The Bertz CT molecular complexity index is 1080. The van der Waals surface area contributed by atoms with Crippen LogP contribution in [0, 0.1) is 5.92 Å². The Morgan fingerprint density at radius 3 is 2.47 bits per heavy atom. The highest BCUT2D eigenvalue weighted by Gasteiger charge is 2.32. The summed E-state index contributed by atoms with van der Waals surface area (Å²) in [5, 5.41) is 11.0. The molecule has 1 aliphatic carbocycles. The topological polar surface area (TPSA) is 71.1 Å². The van der Waals surface area contributed by atoms with Crippen LogP contribution in [0.2, 0.25) is 0 Å². The Morgan fingerprint density at radius 1 is 0.971 bits per heavy atom. The predicted octanol–water partition coefficient (Wildman–Crippen LogP) is 5.37. The van der Waals surface area contributed by atoms with E-state index in [9.17, 15) is 13.2 Å². The van der Waals surface area contributed by atoms with E-state index in [1.165, 1.54) is 6.07 Å². The number of anilines is 2. The number of hydrogen-bond donors (Lipinski definition) is 3. The first-order valence-electron chi connectivity index (χ1n) is 11.7. The van der Waals surface area contributed by atoms with Crippen LogP contribution in [-0.4, -0.2) is 42.5 Å². The van der Waals surface area contributed by atoms with Gasteiger partial charge in [0.05, 0.1) is 5.52 Å². The van der Waals surface area contributed by atoms with E-state index in [-0.39, 0.29) is 5.75 Å². The third-order valence-electron chi connectivity index (χ3n) is 6.22. The Balaban J connectivity index is 1.22. The first kappa shape index (κ1) is 24.1. The second-order valence-electron chi connectivity index (χ2n) is 8.63. The maximum absolute atomic E-state index is 12.6. The quantitative estimate of drug-likeness (QED) is 0.363. The highest BCUT2D eigenvalue weighted by molar-refractivity contribution is 5.89. The molecule has 34 heavy (non-hydrogen) atoms. The zero-order chi connectivity index (χ0) is 24.0. The molecule has 9 heteroatoms. The summed E-state index contributed by atoms with van der Waals surface area (Å²) in [6.07, 6.45) is 0.00806. The number of halogens is 3. The fourth-order valence-electron chi connectivity index (χ4n) is 4.49. The second-order valence-corrected chi connectivity index (χ2v) is 8.63. The monoisotopic (exact) mass is 473 g/mol. The van der Waals surface area contributed by atoms with Crippen LogP contribution in [0.15, 0.2) is 48.5 Å². The fraction of sp³-hybridized carbons (Fsp3) is 0.440. The van der Waals surface area contributed by atoms with E-state index in [0.29, 0.717) is 36.4 Å². The number of ether oxygens (including phenoxy) is 1. The lowest BCUT2D eigenvalue weighted by Crippen LogP contribution is -2.32. The van der Waals surface area contributed by atoms with Gasteiger partial charge in [-0.05, 0) is 74.9 Å². The van der Waals surface area contributed by atoms with Crippen molar-refractivity contribution in [3.63, 3.8) is 0 Å². The van der Waals surface area contributed by atoms with Gasteiger partial charge in [-0.2, -0.15) is 4.98 Å². The summed E-state index contributed by atoms with van der Waals surface area (Å²) in [5.41, 5.74) is 1.46.